The number of nitrogens with zero attached hydrogens (tertiary/aromatic N) is 5. The highest BCUT2D eigenvalue weighted by Gasteiger charge is 2.51. The minimum Gasteiger partial charge on any atom is -0.354 e. The third-order valence-electron chi connectivity index (χ3n) is 5.90. The molecule has 0 aliphatic carbocycles. The monoisotopic (exact) mass is 383 g/mol. The molecule has 2 fully saturated rings. The van der Waals surface area contributed by atoms with Crippen LogP contribution in [0, 0.1) is 5.41 Å². The van der Waals surface area contributed by atoms with Crippen molar-refractivity contribution >= 4 is 17.3 Å². The SMILES string of the molecule is CCN1CC2(C1)CN(c1ccc(N=C(c3ccccc3)c3ccccc3)nn1)C2. The summed E-state index contributed by atoms with van der Waals surface area (Å²) in [7, 11) is 0. The lowest BCUT2D eigenvalue weighted by atomic mass is 9.73. The molecule has 29 heavy (non-hydrogen) atoms. The van der Waals surface area contributed by atoms with E-state index in [1.54, 1.807) is 0 Å². The van der Waals surface area contributed by atoms with Crippen LogP contribution < -0.4 is 4.90 Å². The number of rotatable bonds is 5. The van der Waals surface area contributed by atoms with Gasteiger partial charge in [-0.2, -0.15) is 0 Å². The van der Waals surface area contributed by atoms with Gasteiger partial charge in [-0.3, -0.25) is 0 Å². The number of aliphatic imine (C=N–C) groups is 1. The number of hydrogen-bond donors (Lipinski definition) is 0. The fraction of sp³-hybridized carbons (Fsp3) is 0.292. The Kier molecular flexibility index (Phi) is 4.60. The zero-order valence-electron chi connectivity index (χ0n) is 16.7. The van der Waals surface area contributed by atoms with E-state index in [4.69, 9.17) is 4.99 Å². The second-order valence-corrected chi connectivity index (χ2v) is 8.10. The van der Waals surface area contributed by atoms with Crippen molar-refractivity contribution in [2.75, 3.05) is 37.6 Å². The lowest BCUT2D eigenvalue weighted by molar-refractivity contribution is -0.0182. The molecule has 3 heterocycles. The van der Waals surface area contributed by atoms with Gasteiger partial charge < -0.3 is 9.80 Å². The van der Waals surface area contributed by atoms with Gasteiger partial charge in [0.25, 0.3) is 0 Å². The van der Waals surface area contributed by atoms with Crippen molar-refractivity contribution in [3.63, 3.8) is 0 Å². The van der Waals surface area contributed by atoms with Crippen LogP contribution >= 0.6 is 0 Å². The zero-order valence-corrected chi connectivity index (χ0v) is 16.7. The van der Waals surface area contributed by atoms with E-state index >= 15 is 0 Å². The van der Waals surface area contributed by atoms with Crippen molar-refractivity contribution in [3.8, 4) is 0 Å². The van der Waals surface area contributed by atoms with Crippen molar-refractivity contribution in [2.45, 2.75) is 6.92 Å². The molecule has 1 aromatic heterocycles. The van der Waals surface area contributed by atoms with Crippen molar-refractivity contribution < 1.29 is 0 Å². The topological polar surface area (TPSA) is 44.6 Å². The summed E-state index contributed by atoms with van der Waals surface area (Å²) in [5.41, 5.74) is 3.53. The maximum absolute atomic E-state index is 4.84. The van der Waals surface area contributed by atoms with Crippen LogP contribution in [0.2, 0.25) is 0 Å². The van der Waals surface area contributed by atoms with Gasteiger partial charge in [-0.05, 0) is 18.7 Å². The zero-order chi connectivity index (χ0) is 19.7. The van der Waals surface area contributed by atoms with E-state index in [0.29, 0.717) is 11.2 Å². The van der Waals surface area contributed by atoms with Gasteiger partial charge in [-0.25, -0.2) is 4.99 Å². The van der Waals surface area contributed by atoms with Gasteiger partial charge in [-0.15, -0.1) is 10.2 Å². The minimum absolute atomic E-state index is 0.488. The summed E-state index contributed by atoms with van der Waals surface area (Å²) in [5, 5.41) is 8.87. The smallest absolute Gasteiger partial charge is 0.175 e. The summed E-state index contributed by atoms with van der Waals surface area (Å²) in [6.07, 6.45) is 0. The summed E-state index contributed by atoms with van der Waals surface area (Å²) < 4.78 is 0. The van der Waals surface area contributed by atoms with E-state index in [1.165, 1.54) is 13.1 Å². The first-order valence-electron chi connectivity index (χ1n) is 10.3. The second kappa shape index (κ2) is 7.41. The molecular weight excluding hydrogens is 358 g/mol. The Morgan fingerprint density at radius 2 is 1.45 bits per heavy atom. The quantitative estimate of drug-likeness (QED) is 0.629. The van der Waals surface area contributed by atoms with Gasteiger partial charge in [0.15, 0.2) is 11.6 Å². The molecule has 0 N–H and O–H groups in total. The molecule has 2 saturated heterocycles. The molecule has 2 aromatic carbocycles. The van der Waals surface area contributed by atoms with Crippen LogP contribution in [0.15, 0.2) is 77.8 Å². The molecule has 0 radical (unpaired) electrons. The highest BCUT2D eigenvalue weighted by Crippen LogP contribution is 2.41. The highest BCUT2D eigenvalue weighted by atomic mass is 15.4. The van der Waals surface area contributed by atoms with E-state index in [9.17, 15) is 0 Å². The van der Waals surface area contributed by atoms with Crippen LogP contribution in [0.25, 0.3) is 0 Å². The molecule has 2 aliphatic rings. The lowest BCUT2D eigenvalue weighted by Crippen LogP contribution is -2.72. The van der Waals surface area contributed by atoms with E-state index in [2.05, 4.69) is 51.2 Å². The molecule has 0 saturated carbocycles. The predicted molar refractivity (Wildman–Crippen MR) is 117 cm³/mol. The average molecular weight is 383 g/mol. The van der Waals surface area contributed by atoms with E-state index in [-0.39, 0.29) is 0 Å². The lowest BCUT2D eigenvalue weighted by Gasteiger charge is -2.60. The van der Waals surface area contributed by atoms with E-state index in [1.807, 2.05) is 48.5 Å². The molecule has 1 spiro atoms. The Hall–Kier alpha value is -3.05. The molecule has 5 rings (SSSR count). The van der Waals surface area contributed by atoms with Gasteiger partial charge in [0.2, 0.25) is 0 Å². The third-order valence-corrected chi connectivity index (χ3v) is 5.90. The Bertz CT molecular complexity index is 943. The molecule has 5 heteroatoms. The van der Waals surface area contributed by atoms with Crippen molar-refractivity contribution in [1.82, 2.24) is 15.1 Å². The molecule has 0 unspecified atom stereocenters. The molecule has 5 nitrogen and oxygen atoms in total. The standard InChI is InChI=1S/C24H25N5/c1-2-28-15-24(16-28)17-29(18-24)22-14-13-21(26-27-22)25-23(19-9-5-3-6-10-19)20-11-7-4-8-12-20/h3-14H,2,15-18H2,1H3. The number of benzene rings is 2. The first-order chi connectivity index (χ1) is 14.2. The van der Waals surface area contributed by atoms with Crippen LogP contribution in [0.5, 0.6) is 0 Å². The fourth-order valence-corrected chi connectivity index (χ4v) is 4.40. The number of likely N-dealkylation sites (tertiary alicyclic amines) is 1. The number of hydrogen-bond acceptors (Lipinski definition) is 5. The summed E-state index contributed by atoms with van der Waals surface area (Å²) >= 11 is 0. The Balaban J connectivity index is 1.35. The van der Waals surface area contributed by atoms with Crippen molar-refractivity contribution in [2.24, 2.45) is 10.4 Å². The third kappa shape index (κ3) is 3.54. The number of aromatic nitrogens is 2. The van der Waals surface area contributed by atoms with Crippen LogP contribution in [0.1, 0.15) is 18.1 Å². The molecule has 0 amide bonds. The minimum atomic E-state index is 0.488. The molecule has 0 atom stereocenters. The summed E-state index contributed by atoms with van der Waals surface area (Å²) in [4.78, 5) is 9.66. The molecular formula is C24H25N5. The van der Waals surface area contributed by atoms with E-state index in [0.717, 1.165) is 42.3 Å². The van der Waals surface area contributed by atoms with Gasteiger partial charge in [0.1, 0.15) is 0 Å². The molecule has 0 bridgehead atoms. The van der Waals surface area contributed by atoms with Crippen molar-refractivity contribution in [3.05, 3.63) is 83.9 Å². The summed E-state index contributed by atoms with van der Waals surface area (Å²) in [6, 6.07) is 24.5. The number of anilines is 1. The van der Waals surface area contributed by atoms with Crippen LogP contribution in [-0.4, -0.2) is 53.5 Å². The van der Waals surface area contributed by atoms with Gasteiger partial charge in [0.05, 0.1) is 5.71 Å². The van der Waals surface area contributed by atoms with Crippen LogP contribution in [-0.2, 0) is 0 Å². The Morgan fingerprint density at radius 3 is 1.97 bits per heavy atom. The van der Waals surface area contributed by atoms with Crippen molar-refractivity contribution in [1.29, 1.82) is 0 Å². The van der Waals surface area contributed by atoms with E-state index < -0.39 is 0 Å². The van der Waals surface area contributed by atoms with Crippen LogP contribution in [0.4, 0.5) is 11.6 Å². The van der Waals surface area contributed by atoms with Gasteiger partial charge in [-0.1, -0.05) is 67.6 Å². The molecule has 2 aliphatic heterocycles. The first kappa shape index (κ1) is 18.0. The summed E-state index contributed by atoms with van der Waals surface area (Å²) in [5.74, 6) is 1.58. The highest BCUT2D eigenvalue weighted by molar-refractivity contribution is 6.13. The Morgan fingerprint density at radius 1 is 0.828 bits per heavy atom. The predicted octanol–water partition coefficient (Wildman–Crippen LogP) is 3.79. The average Bonchev–Trinajstić information content (AvgIpc) is 2.72. The van der Waals surface area contributed by atoms with Gasteiger partial charge >= 0.3 is 0 Å². The molecule has 3 aromatic rings. The van der Waals surface area contributed by atoms with Gasteiger partial charge in [0, 0.05) is 42.7 Å². The first-order valence-corrected chi connectivity index (χ1v) is 10.3. The largest absolute Gasteiger partial charge is 0.354 e. The Labute approximate surface area is 171 Å². The van der Waals surface area contributed by atoms with Crippen LogP contribution in [0.3, 0.4) is 0 Å². The maximum Gasteiger partial charge on any atom is 0.175 e. The fourth-order valence-electron chi connectivity index (χ4n) is 4.40. The molecule has 146 valence electrons. The summed E-state index contributed by atoms with van der Waals surface area (Å²) in [6.45, 7) is 7.98. The maximum atomic E-state index is 4.84. The second-order valence-electron chi connectivity index (χ2n) is 8.10. The normalized spacial score (nSPS) is 17.5.